The lowest BCUT2D eigenvalue weighted by Crippen LogP contribution is -2.64. The number of nitrogens with zero attached hydrogens (tertiary/aromatic N) is 3. The van der Waals surface area contributed by atoms with Crippen LogP contribution in [0, 0.1) is 5.92 Å². The van der Waals surface area contributed by atoms with E-state index < -0.39 is 5.60 Å². The van der Waals surface area contributed by atoms with E-state index in [0.29, 0.717) is 19.0 Å². The Morgan fingerprint density at radius 1 is 1.62 bits per heavy atom. The van der Waals surface area contributed by atoms with E-state index in [1.165, 1.54) is 11.3 Å². The van der Waals surface area contributed by atoms with Crippen LogP contribution in [0.15, 0.2) is 5.51 Å². The van der Waals surface area contributed by atoms with Crippen LogP contribution in [0.1, 0.15) is 13.8 Å². The van der Waals surface area contributed by atoms with E-state index in [4.69, 9.17) is 0 Å². The number of aromatic nitrogens is 2. The van der Waals surface area contributed by atoms with Gasteiger partial charge < -0.3 is 10.0 Å². The first-order valence-electron chi connectivity index (χ1n) is 4.35. The van der Waals surface area contributed by atoms with Crippen molar-refractivity contribution in [3.05, 3.63) is 5.51 Å². The molecule has 0 spiro atoms. The summed E-state index contributed by atoms with van der Waals surface area (Å²) in [6, 6.07) is 0. The van der Waals surface area contributed by atoms with Crippen molar-refractivity contribution in [2.24, 2.45) is 5.92 Å². The van der Waals surface area contributed by atoms with Crippen molar-refractivity contribution in [1.29, 1.82) is 0 Å². The summed E-state index contributed by atoms with van der Waals surface area (Å²) in [5.74, 6) is 0.302. The lowest BCUT2D eigenvalue weighted by molar-refractivity contribution is -0.0301. The van der Waals surface area contributed by atoms with Crippen molar-refractivity contribution in [2.75, 3.05) is 18.0 Å². The van der Waals surface area contributed by atoms with Gasteiger partial charge >= 0.3 is 0 Å². The van der Waals surface area contributed by atoms with Crippen LogP contribution in [0.2, 0.25) is 0 Å². The molecule has 2 rings (SSSR count). The number of rotatable bonds is 2. The zero-order chi connectivity index (χ0) is 9.47. The maximum Gasteiger partial charge on any atom is 0.208 e. The van der Waals surface area contributed by atoms with Gasteiger partial charge in [0.15, 0.2) is 0 Å². The highest BCUT2D eigenvalue weighted by molar-refractivity contribution is 7.13. The van der Waals surface area contributed by atoms with Crippen LogP contribution in [-0.2, 0) is 0 Å². The first kappa shape index (κ1) is 8.90. The first-order chi connectivity index (χ1) is 6.12. The van der Waals surface area contributed by atoms with E-state index in [-0.39, 0.29) is 0 Å². The van der Waals surface area contributed by atoms with Gasteiger partial charge in [-0.05, 0) is 5.92 Å². The minimum atomic E-state index is -0.522. The van der Waals surface area contributed by atoms with Gasteiger partial charge in [-0.3, -0.25) is 0 Å². The number of aliphatic hydroxyl groups is 1. The Morgan fingerprint density at radius 3 is 2.77 bits per heavy atom. The van der Waals surface area contributed by atoms with Crippen molar-refractivity contribution >= 4 is 16.5 Å². The molecule has 0 atom stereocenters. The summed E-state index contributed by atoms with van der Waals surface area (Å²) in [4.78, 5) is 2.05. The van der Waals surface area contributed by atoms with E-state index in [9.17, 15) is 5.11 Å². The lowest BCUT2D eigenvalue weighted by Gasteiger charge is -2.48. The Kier molecular flexibility index (Phi) is 2.00. The molecule has 0 bridgehead atoms. The summed E-state index contributed by atoms with van der Waals surface area (Å²) in [6.45, 7) is 5.44. The van der Waals surface area contributed by atoms with Crippen molar-refractivity contribution < 1.29 is 5.11 Å². The van der Waals surface area contributed by atoms with Gasteiger partial charge in [0.25, 0.3) is 0 Å². The van der Waals surface area contributed by atoms with Crippen LogP contribution >= 0.6 is 11.3 Å². The van der Waals surface area contributed by atoms with Gasteiger partial charge in [0, 0.05) is 0 Å². The molecule has 1 aromatic rings. The Morgan fingerprint density at radius 2 is 2.31 bits per heavy atom. The quantitative estimate of drug-likeness (QED) is 0.763. The summed E-state index contributed by atoms with van der Waals surface area (Å²) in [7, 11) is 0. The van der Waals surface area contributed by atoms with Gasteiger partial charge in [0.2, 0.25) is 5.13 Å². The summed E-state index contributed by atoms with van der Waals surface area (Å²) >= 11 is 1.51. The maximum atomic E-state index is 9.97. The van der Waals surface area contributed by atoms with Crippen molar-refractivity contribution in [2.45, 2.75) is 19.4 Å². The van der Waals surface area contributed by atoms with E-state index in [2.05, 4.69) is 15.1 Å². The van der Waals surface area contributed by atoms with Gasteiger partial charge in [-0.2, -0.15) is 0 Å². The first-order valence-corrected chi connectivity index (χ1v) is 5.23. The molecule has 5 heteroatoms. The average molecular weight is 199 g/mol. The third-order valence-electron chi connectivity index (χ3n) is 2.62. The fraction of sp³-hybridized carbons (Fsp3) is 0.750. The minimum Gasteiger partial charge on any atom is -0.386 e. The topological polar surface area (TPSA) is 49.2 Å². The Labute approximate surface area is 81.2 Å². The highest BCUT2D eigenvalue weighted by Gasteiger charge is 2.44. The third kappa shape index (κ3) is 1.42. The standard InChI is InChI=1S/C8H13N3OS/c1-6(2)8(12)3-11(4-8)7-10-9-5-13-7/h5-6,12H,3-4H2,1-2H3. The molecule has 1 aliphatic rings. The van der Waals surface area contributed by atoms with E-state index in [0.717, 1.165) is 5.13 Å². The number of β-amino-alcohol motifs (C(OH)–C–C–N with tert-alkyl or cyclic N) is 1. The largest absolute Gasteiger partial charge is 0.386 e. The molecule has 1 saturated heterocycles. The van der Waals surface area contributed by atoms with Crippen molar-refractivity contribution in [3.8, 4) is 0 Å². The fourth-order valence-corrected chi connectivity index (χ4v) is 1.98. The van der Waals surface area contributed by atoms with Crippen LogP contribution in [0.3, 0.4) is 0 Å². The Hall–Kier alpha value is -0.680. The number of anilines is 1. The van der Waals surface area contributed by atoms with Gasteiger partial charge in [0.05, 0.1) is 13.1 Å². The molecule has 2 heterocycles. The van der Waals surface area contributed by atoms with E-state index in [1.54, 1.807) is 5.51 Å². The SMILES string of the molecule is CC(C)C1(O)CN(c2nncs2)C1. The van der Waals surface area contributed by atoms with Gasteiger partial charge in [-0.15, -0.1) is 10.2 Å². The number of hydrogen-bond donors (Lipinski definition) is 1. The number of hydrogen-bond acceptors (Lipinski definition) is 5. The summed E-state index contributed by atoms with van der Waals surface area (Å²) in [6.07, 6.45) is 0. The Balaban J connectivity index is 1.99. The molecule has 13 heavy (non-hydrogen) atoms. The highest BCUT2D eigenvalue weighted by Crippen LogP contribution is 2.32. The molecule has 1 N–H and O–H groups in total. The maximum absolute atomic E-state index is 9.97. The zero-order valence-corrected chi connectivity index (χ0v) is 8.58. The van der Waals surface area contributed by atoms with Gasteiger partial charge in [-0.1, -0.05) is 25.2 Å². The molecule has 0 aliphatic carbocycles. The van der Waals surface area contributed by atoms with Gasteiger partial charge in [-0.25, -0.2) is 0 Å². The van der Waals surface area contributed by atoms with Crippen molar-refractivity contribution in [1.82, 2.24) is 10.2 Å². The molecule has 0 aromatic carbocycles. The second-order valence-electron chi connectivity index (χ2n) is 3.84. The average Bonchev–Trinajstić information content (AvgIpc) is 2.49. The van der Waals surface area contributed by atoms with Crippen LogP contribution in [0.4, 0.5) is 5.13 Å². The normalized spacial score (nSPS) is 20.5. The predicted octanol–water partition coefficient (Wildman–Crippen LogP) is 0.745. The molecule has 1 aliphatic heterocycles. The molecule has 0 saturated carbocycles. The van der Waals surface area contributed by atoms with Gasteiger partial charge in [0.1, 0.15) is 11.1 Å². The van der Waals surface area contributed by atoms with Crippen LogP contribution in [0.25, 0.3) is 0 Å². The molecule has 1 aromatic heterocycles. The predicted molar refractivity (Wildman–Crippen MR) is 51.9 cm³/mol. The summed E-state index contributed by atoms with van der Waals surface area (Å²) in [5.41, 5.74) is 1.19. The van der Waals surface area contributed by atoms with E-state index in [1.807, 2.05) is 13.8 Å². The monoisotopic (exact) mass is 199 g/mol. The zero-order valence-electron chi connectivity index (χ0n) is 7.77. The second-order valence-corrected chi connectivity index (χ2v) is 4.65. The second kappa shape index (κ2) is 2.92. The smallest absolute Gasteiger partial charge is 0.208 e. The minimum absolute atomic E-state index is 0.302. The third-order valence-corrected chi connectivity index (χ3v) is 3.37. The van der Waals surface area contributed by atoms with Crippen LogP contribution < -0.4 is 4.90 Å². The molecule has 72 valence electrons. The summed E-state index contributed by atoms with van der Waals surface area (Å²) in [5, 5.41) is 18.6. The Bertz CT molecular complexity index is 280. The molecule has 0 radical (unpaired) electrons. The summed E-state index contributed by atoms with van der Waals surface area (Å²) < 4.78 is 0. The van der Waals surface area contributed by atoms with Crippen LogP contribution in [0.5, 0.6) is 0 Å². The fourth-order valence-electron chi connectivity index (χ4n) is 1.42. The van der Waals surface area contributed by atoms with E-state index >= 15 is 0 Å². The highest BCUT2D eigenvalue weighted by atomic mass is 32.1. The molecular formula is C8H13N3OS. The van der Waals surface area contributed by atoms with Crippen molar-refractivity contribution in [3.63, 3.8) is 0 Å². The molecule has 0 amide bonds. The lowest BCUT2D eigenvalue weighted by atomic mass is 9.83. The molecule has 0 unspecified atom stereocenters. The van der Waals surface area contributed by atoms with Crippen LogP contribution in [-0.4, -0.2) is 34.0 Å². The molecular weight excluding hydrogens is 186 g/mol. The molecule has 1 fully saturated rings. The molecule has 4 nitrogen and oxygen atoms in total.